The topological polar surface area (TPSA) is 37.2 Å². The molecule has 36 heavy (non-hydrogen) atoms. The minimum Gasteiger partial charge on any atom is -0.365 e. The van der Waals surface area contributed by atoms with Crippen LogP contribution >= 0.6 is 0 Å². The Morgan fingerprint density at radius 1 is 0.778 bits per heavy atom. The number of fused-ring (bicyclic) bond motifs is 1. The Labute approximate surface area is 212 Å². The molecule has 1 aliphatic heterocycles. The molecule has 1 saturated heterocycles. The van der Waals surface area contributed by atoms with E-state index in [-0.39, 0.29) is 0 Å². The van der Waals surface area contributed by atoms with E-state index in [0.717, 1.165) is 47.7 Å². The summed E-state index contributed by atoms with van der Waals surface area (Å²) in [5, 5.41) is 1.11. The van der Waals surface area contributed by atoms with Crippen LogP contribution in [0.1, 0.15) is 18.1 Å². The lowest BCUT2D eigenvalue weighted by Gasteiger charge is -2.42. The van der Waals surface area contributed by atoms with Crippen LogP contribution in [-0.2, 0) is 0 Å². The summed E-state index contributed by atoms with van der Waals surface area (Å²) in [5.74, 6) is 1.01. The Morgan fingerprint density at radius 2 is 1.58 bits per heavy atom. The summed E-state index contributed by atoms with van der Waals surface area (Å²) in [7, 11) is 0. The van der Waals surface area contributed by atoms with E-state index in [2.05, 4.69) is 120 Å². The number of rotatable bonds is 4. The first-order chi connectivity index (χ1) is 17.6. The number of hydrogen-bond donors (Lipinski definition) is 0. The van der Waals surface area contributed by atoms with Crippen LogP contribution in [0.5, 0.6) is 0 Å². The summed E-state index contributed by atoms with van der Waals surface area (Å²) in [6, 6.07) is 28.4. The standard InChI is InChI=1S/C31H31N5/c1-22-12-14-26(15-13-22)36-20-28(25-9-5-4-6-10-25)29-30(32-21-33-31(29)36)34-16-17-35(24(3)19-34)27-11-7-8-23(2)18-27/h4-15,18,20-21,24H,16-17,19H2,1-3H3/t24-/m1/s1. The predicted octanol–water partition coefficient (Wildman–Crippen LogP) is 6.42. The third-order valence-corrected chi connectivity index (χ3v) is 7.22. The molecule has 6 rings (SSSR count). The second-order valence-corrected chi connectivity index (χ2v) is 9.84. The van der Waals surface area contributed by atoms with Gasteiger partial charge in [-0.2, -0.15) is 0 Å². The number of piperazine rings is 1. The van der Waals surface area contributed by atoms with E-state index < -0.39 is 0 Å². The third-order valence-electron chi connectivity index (χ3n) is 7.22. The van der Waals surface area contributed by atoms with E-state index in [1.165, 1.54) is 22.4 Å². The highest BCUT2D eigenvalue weighted by Gasteiger charge is 2.28. The van der Waals surface area contributed by atoms with Crippen LogP contribution in [0.15, 0.2) is 91.4 Å². The van der Waals surface area contributed by atoms with E-state index in [0.29, 0.717) is 6.04 Å². The van der Waals surface area contributed by atoms with Gasteiger partial charge >= 0.3 is 0 Å². The molecule has 0 unspecified atom stereocenters. The Kier molecular flexibility index (Phi) is 5.68. The summed E-state index contributed by atoms with van der Waals surface area (Å²) in [5.41, 5.74) is 8.22. The molecule has 2 aromatic heterocycles. The molecule has 5 nitrogen and oxygen atoms in total. The van der Waals surface area contributed by atoms with Crippen molar-refractivity contribution in [3.8, 4) is 16.8 Å². The van der Waals surface area contributed by atoms with Gasteiger partial charge in [-0.3, -0.25) is 0 Å². The smallest absolute Gasteiger partial charge is 0.150 e. The van der Waals surface area contributed by atoms with Crippen LogP contribution in [0.4, 0.5) is 11.5 Å². The number of anilines is 2. The molecule has 1 atom stereocenters. The van der Waals surface area contributed by atoms with E-state index in [1.54, 1.807) is 6.33 Å². The number of hydrogen-bond acceptors (Lipinski definition) is 4. The van der Waals surface area contributed by atoms with Gasteiger partial charge < -0.3 is 14.4 Å². The molecule has 5 heteroatoms. The molecule has 3 heterocycles. The molecule has 0 N–H and O–H groups in total. The van der Waals surface area contributed by atoms with Gasteiger partial charge in [0, 0.05) is 48.8 Å². The van der Waals surface area contributed by atoms with Gasteiger partial charge in [-0.25, -0.2) is 9.97 Å². The number of aromatic nitrogens is 3. The maximum Gasteiger partial charge on any atom is 0.150 e. The summed E-state index contributed by atoms with van der Waals surface area (Å²) < 4.78 is 2.20. The van der Waals surface area contributed by atoms with Crippen molar-refractivity contribution in [1.29, 1.82) is 0 Å². The lowest BCUT2D eigenvalue weighted by molar-refractivity contribution is 0.548. The van der Waals surface area contributed by atoms with Crippen molar-refractivity contribution in [2.75, 3.05) is 29.4 Å². The molecule has 1 fully saturated rings. The fourth-order valence-corrected chi connectivity index (χ4v) is 5.36. The summed E-state index contributed by atoms with van der Waals surface area (Å²) in [4.78, 5) is 14.6. The summed E-state index contributed by atoms with van der Waals surface area (Å²) in [6.45, 7) is 9.35. The lowest BCUT2D eigenvalue weighted by atomic mass is 10.1. The summed E-state index contributed by atoms with van der Waals surface area (Å²) in [6.07, 6.45) is 3.93. The fourth-order valence-electron chi connectivity index (χ4n) is 5.36. The van der Waals surface area contributed by atoms with Crippen molar-refractivity contribution < 1.29 is 0 Å². The molecular weight excluding hydrogens is 442 g/mol. The SMILES string of the molecule is Cc1ccc(-n2cc(-c3ccccc3)c3c(N4CCN(c5cccc(C)c5)[C@H](C)C4)ncnc32)cc1. The molecule has 0 bridgehead atoms. The van der Waals surface area contributed by atoms with Gasteiger partial charge in [-0.1, -0.05) is 60.2 Å². The highest BCUT2D eigenvalue weighted by atomic mass is 15.3. The molecule has 0 amide bonds. The van der Waals surface area contributed by atoms with E-state index >= 15 is 0 Å². The molecule has 0 spiro atoms. The lowest BCUT2D eigenvalue weighted by Crippen LogP contribution is -2.52. The minimum absolute atomic E-state index is 0.366. The number of benzene rings is 3. The normalized spacial score (nSPS) is 16.0. The zero-order valence-corrected chi connectivity index (χ0v) is 21.1. The van der Waals surface area contributed by atoms with Gasteiger partial charge in [-0.15, -0.1) is 0 Å². The average Bonchev–Trinajstić information content (AvgIpc) is 3.29. The average molecular weight is 474 g/mol. The van der Waals surface area contributed by atoms with Crippen molar-refractivity contribution in [2.24, 2.45) is 0 Å². The molecule has 3 aromatic carbocycles. The van der Waals surface area contributed by atoms with Crippen molar-refractivity contribution in [2.45, 2.75) is 26.8 Å². The number of aryl methyl sites for hydroxylation is 2. The van der Waals surface area contributed by atoms with Gasteiger partial charge in [-0.05, 0) is 56.2 Å². The van der Waals surface area contributed by atoms with Crippen LogP contribution in [0.25, 0.3) is 27.8 Å². The largest absolute Gasteiger partial charge is 0.365 e. The number of nitrogens with zero attached hydrogens (tertiary/aromatic N) is 5. The second kappa shape index (κ2) is 9.15. The Balaban J connectivity index is 1.44. The fraction of sp³-hybridized carbons (Fsp3) is 0.226. The molecule has 0 radical (unpaired) electrons. The van der Waals surface area contributed by atoms with Gasteiger partial charge in [0.15, 0.2) is 5.65 Å². The van der Waals surface area contributed by atoms with E-state index in [4.69, 9.17) is 9.97 Å². The van der Waals surface area contributed by atoms with Crippen molar-refractivity contribution in [3.63, 3.8) is 0 Å². The molecule has 1 aliphatic rings. The zero-order valence-electron chi connectivity index (χ0n) is 21.1. The van der Waals surface area contributed by atoms with Crippen LogP contribution in [0, 0.1) is 13.8 Å². The van der Waals surface area contributed by atoms with Crippen molar-refractivity contribution in [3.05, 3.63) is 103 Å². The highest BCUT2D eigenvalue weighted by molar-refractivity contribution is 6.02. The van der Waals surface area contributed by atoms with Crippen molar-refractivity contribution >= 4 is 22.5 Å². The van der Waals surface area contributed by atoms with Gasteiger partial charge in [0.05, 0.1) is 5.39 Å². The van der Waals surface area contributed by atoms with Crippen LogP contribution in [0.2, 0.25) is 0 Å². The maximum absolute atomic E-state index is 4.87. The third kappa shape index (κ3) is 4.01. The Hall–Kier alpha value is -4.12. The first-order valence-electron chi connectivity index (χ1n) is 12.7. The van der Waals surface area contributed by atoms with Gasteiger partial charge in [0.2, 0.25) is 0 Å². The Morgan fingerprint density at radius 3 is 2.33 bits per heavy atom. The van der Waals surface area contributed by atoms with Crippen LogP contribution in [-0.4, -0.2) is 40.2 Å². The second-order valence-electron chi connectivity index (χ2n) is 9.84. The minimum atomic E-state index is 0.366. The van der Waals surface area contributed by atoms with Gasteiger partial charge in [0.25, 0.3) is 0 Å². The molecule has 0 saturated carbocycles. The summed E-state index contributed by atoms with van der Waals surface area (Å²) >= 11 is 0. The first kappa shape index (κ1) is 22.4. The van der Waals surface area contributed by atoms with Crippen molar-refractivity contribution in [1.82, 2.24) is 14.5 Å². The maximum atomic E-state index is 4.87. The first-order valence-corrected chi connectivity index (χ1v) is 12.7. The monoisotopic (exact) mass is 473 g/mol. The molecule has 180 valence electrons. The molecular formula is C31H31N5. The quantitative estimate of drug-likeness (QED) is 0.302. The molecule has 5 aromatic rings. The van der Waals surface area contributed by atoms with E-state index in [9.17, 15) is 0 Å². The van der Waals surface area contributed by atoms with Crippen LogP contribution < -0.4 is 9.80 Å². The highest BCUT2D eigenvalue weighted by Crippen LogP contribution is 2.37. The van der Waals surface area contributed by atoms with Gasteiger partial charge in [0.1, 0.15) is 12.1 Å². The molecule has 0 aliphatic carbocycles. The van der Waals surface area contributed by atoms with E-state index in [1.807, 2.05) is 0 Å². The van der Waals surface area contributed by atoms with Crippen LogP contribution in [0.3, 0.4) is 0 Å². The zero-order chi connectivity index (χ0) is 24.6. The predicted molar refractivity (Wildman–Crippen MR) is 149 cm³/mol. The Bertz CT molecular complexity index is 1500.